The van der Waals surface area contributed by atoms with Crippen LogP contribution in [0.25, 0.3) is 0 Å². The normalized spacial score (nSPS) is 13.2. The monoisotopic (exact) mass is 352 g/mol. The maximum Gasteiger partial charge on any atom is 0.240 e. The van der Waals surface area contributed by atoms with Crippen LogP contribution in [0.5, 0.6) is 11.5 Å². The summed E-state index contributed by atoms with van der Waals surface area (Å²) in [6.07, 6.45) is 0. The minimum atomic E-state index is -0.483. The zero-order valence-corrected chi connectivity index (χ0v) is 15.6. The molecule has 0 aromatic heterocycles. The number of nitrogens with one attached hydrogen (secondary N) is 1. The first kappa shape index (κ1) is 18.0. The van der Waals surface area contributed by atoms with E-state index in [1.807, 2.05) is 69.3 Å². The Kier molecular flexibility index (Phi) is 4.72. The number of nitrogens with zero attached hydrogens (tertiary/aromatic N) is 1. The number of ether oxygens (including phenoxy) is 1. The quantitative estimate of drug-likeness (QED) is 0.922. The molecule has 26 heavy (non-hydrogen) atoms. The van der Waals surface area contributed by atoms with Crippen LogP contribution in [0.1, 0.15) is 37.8 Å². The van der Waals surface area contributed by atoms with Crippen LogP contribution in [0, 0.1) is 0 Å². The van der Waals surface area contributed by atoms with Crippen molar-refractivity contribution >= 4 is 11.8 Å². The number of para-hydroxylation sites is 2. The van der Waals surface area contributed by atoms with Crippen LogP contribution in [0.4, 0.5) is 0 Å². The molecule has 0 saturated carbocycles. The average Bonchev–Trinajstić information content (AvgIpc) is 2.57. The summed E-state index contributed by atoms with van der Waals surface area (Å²) in [4.78, 5) is 26.9. The van der Waals surface area contributed by atoms with E-state index < -0.39 is 5.92 Å². The SMILES string of the molecule is CN(CC(=O)NC(C)(C)C)C(=O)C1c2ccccc2Oc2ccccc21. The van der Waals surface area contributed by atoms with Crippen molar-refractivity contribution in [2.75, 3.05) is 13.6 Å². The van der Waals surface area contributed by atoms with E-state index >= 15 is 0 Å². The summed E-state index contributed by atoms with van der Waals surface area (Å²) in [5.41, 5.74) is 1.30. The van der Waals surface area contributed by atoms with Gasteiger partial charge in [0.25, 0.3) is 0 Å². The first-order valence-electron chi connectivity index (χ1n) is 8.68. The molecular formula is C21H24N2O3. The summed E-state index contributed by atoms with van der Waals surface area (Å²) in [6.45, 7) is 5.75. The van der Waals surface area contributed by atoms with Gasteiger partial charge in [0.1, 0.15) is 11.5 Å². The van der Waals surface area contributed by atoms with Crippen LogP contribution in [-0.2, 0) is 9.59 Å². The predicted octanol–water partition coefficient (Wildman–Crippen LogP) is 3.30. The molecule has 5 nitrogen and oxygen atoms in total. The summed E-state index contributed by atoms with van der Waals surface area (Å²) in [7, 11) is 1.66. The second kappa shape index (κ2) is 6.83. The van der Waals surface area contributed by atoms with E-state index in [4.69, 9.17) is 4.74 Å². The molecule has 136 valence electrons. The molecular weight excluding hydrogens is 328 g/mol. The van der Waals surface area contributed by atoms with Gasteiger partial charge in [-0.05, 0) is 32.9 Å². The van der Waals surface area contributed by atoms with Gasteiger partial charge in [-0.3, -0.25) is 9.59 Å². The van der Waals surface area contributed by atoms with Crippen LogP contribution in [0.3, 0.4) is 0 Å². The molecule has 1 N–H and O–H groups in total. The van der Waals surface area contributed by atoms with E-state index in [1.165, 1.54) is 4.90 Å². The lowest BCUT2D eigenvalue weighted by Gasteiger charge is -2.30. The highest BCUT2D eigenvalue weighted by Crippen LogP contribution is 2.44. The third kappa shape index (κ3) is 3.72. The third-order valence-electron chi connectivity index (χ3n) is 4.20. The number of likely N-dealkylation sites (N-methyl/N-ethyl adjacent to an activating group) is 1. The molecule has 0 spiro atoms. The van der Waals surface area contributed by atoms with E-state index in [-0.39, 0.29) is 23.9 Å². The van der Waals surface area contributed by atoms with Gasteiger partial charge in [-0.15, -0.1) is 0 Å². The Hall–Kier alpha value is -2.82. The largest absolute Gasteiger partial charge is 0.457 e. The molecule has 2 aromatic rings. The standard InChI is InChI=1S/C21H24N2O3/c1-21(2,3)22-18(24)13-23(4)20(25)19-14-9-5-7-11-16(14)26-17-12-8-6-10-15(17)19/h5-12,19H,13H2,1-4H3,(H,22,24). The molecule has 0 radical (unpaired) electrons. The lowest BCUT2D eigenvalue weighted by molar-refractivity contribution is -0.135. The van der Waals surface area contributed by atoms with Gasteiger partial charge in [0.15, 0.2) is 0 Å². The predicted molar refractivity (Wildman–Crippen MR) is 100 cm³/mol. The Balaban J connectivity index is 1.88. The highest BCUT2D eigenvalue weighted by molar-refractivity contribution is 5.92. The fourth-order valence-electron chi connectivity index (χ4n) is 3.15. The molecule has 0 bridgehead atoms. The van der Waals surface area contributed by atoms with Gasteiger partial charge in [-0.25, -0.2) is 0 Å². The highest BCUT2D eigenvalue weighted by Gasteiger charge is 2.34. The average molecular weight is 352 g/mol. The van der Waals surface area contributed by atoms with Crippen LogP contribution in [0.15, 0.2) is 48.5 Å². The molecule has 5 heteroatoms. The lowest BCUT2D eigenvalue weighted by Crippen LogP contribution is -2.47. The second-order valence-electron chi connectivity index (χ2n) is 7.60. The van der Waals surface area contributed by atoms with Crippen molar-refractivity contribution in [3.05, 3.63) is 59.7 Å². The number of carbonyl (C=O) groups excluding carboxylic acids is 2. The zero-order chi connectivity index (χ0) is 18.9. The third-order valence-corrected chi connectivity index (χ3v) is 4.20. The molecule has 2 amide bonds. The number of benzene rings is 2. The summed E-state index contributed by atoms with van der Waals surface area (Å²) >= 11 is 0. The smallest absolute Gasteiger partial charge is 0.240 e. The Morgan fingerprint density at radius 1 is 1.00 bits per heavy atom. The fraction of sp³-hybridized carbons (Fsp3) is 0.333. The molecule has 0 aliphatic carbocycles. The topological polar surface area (TPSA) is 58.6 Å². The van der Waals surface area contributed by atoms with Crippen molar-refractivity contribution in [1.29, 1.82) is 0 Å². The molecule has 0 atom stereocenters. The van der Waals surface area contributed by atoms with Gasteiger partial charge >= 0.3 is 0 Å². The molecule has 2 aromatic carbocycles. The van der Waals surface area contributed by atoms with Gasteiger partial charge in [0.05, 0.1) is 12.5 Å². The van der Waals surface area contributed by atoms with Gasteiger partial charge in [-0.1, -0.05) is 36.4 Å². The van der Waals surface area contributed by atoms with Crippen molar-refractivity contribution in [3.8, 4) is 11.5 Å². The molecule has 1 aliphatic heterocycles. The van der Waals surface area contributed by atoms with Crippen molar-refractivity contribution in [2.45, 2.75) is 32.2 Å². The van der Waals surface area contributed by atoms with E-state index in [2.05, 4.69) is 5.32 Å². The fourth-order valence-corrected chi connectivity index (χ4v) is 3.15. The minimum absolute atomic E-state index is 0.0117. The van der Waals surface area contributed by atoms with Gasteiger partial charge in [0.2, 0.25) is 11.8 Å². The highest BCUT2D eigenvalue weighted by atomic mass is 16.5. The number of carbonyl (C=O) groups is 2. The first-order valence-corrected chi connectivity index (χ1v) is 8.68. The molecule has 0 saturated heterocycles. The minimum Gasteiger partial charge on any atom is -0.457 e. The lowest BCUT2D eigenvalue weighted by atomic mass is 9.87. The second-order valence-corrected chi connectivity index (χ2v) is 7.60. The van der Waals surface area contributed by atoms with E-state index in [0.717, 1.165) is 11.1 Å². The maximum absolute atomic E-state index is 13.2. The van der Waals surface area contributed by atoms with E-state index in [1.54, 1.807) is 7.05 Å². The first-order chi connectivity index (χ1) is 12.3. The number of rotatable bonds is 3. The number of fused-ring (bicyclic) bond motifs is 2. The van der Waals surface area contributed by atoms with Gasteiger partial charge < -0.3 is 15.0 Å². The molecule has 1 heterocycles. The van der Waals surface area contributed by atoms with Gasteiger partial charge in [-0.2, -0.15) is 0 Å². The van der Waals surface area contributed by atoms with Crippen molar-refractivity contribution in [1.82, 2.24) is 10.2 Å². The van der Waals surface area contributed by atoms with Crippen LogP contribution < -0.4 is 10.1 Å². The summed E-state index contributed by atoms with van der Waals surface area (Å²) in [5, 5.41) is 2.89. The zero-order valence-electron chi connectivity index (χ0n) is 15.6. The van der Waals surface area contributed by atoms with Crippen LogP contribution in [0.2, 0.25) is 0 Å². The Bertz CT molecular complexity index is 794. The molecule has 0 unspecified atom stereocenters. The number of hydrogen-bond donors (Lipinski definition) is 1. The van der Waals surface area contributed by atoms with Crippen molar-refractivity contribution in [2.24, 2.45) is 0 Å². The van der Waals surface area contributed by atoms with Crippen LogP contribution in [-0.4, -0.2) is 35.8 Å². The van der Waals surface area contributed by atoms with Crippen LogP contribution >= 0.6 is 0 Å². The van der Waals surface area contributed by atoms with Gasteiger partial charge in [0, 0.05) is 23.7 Å². The number of amides is 2. The van der Waals surface area contributed by atoms with E-state index in [9.17, 15) is 9.59 Å². The van der Waals surface area contributed by atoms with Crippen molar-refractivity contribution in [3.63, 3.8) is 0 Å². The molecule has 3 rings (SSSR count). The maximum atomic E-state index is 13.2. The Morgan fingerprint density at radius 2 is 1.50 bits per heavy atom. The summed E-state index contributed by atoms with van der Waals surface area (Å²) in [5.74, 6) is 0.567. The van der Waals surface area contributed by atoms with E-state index in [0.29, 0.717) is 11.5 Å². The summed E-state index contributed by atoms with van der Waals surface area (Å²) < 4.78 is 5.93. The van der Waals surface area contributed by atoms with Crippen molar-refractivity contribution < 1.29 is 14.3 Å². The Labute approximate surface area is 154 Å². The molecule has 1 aliphatic rings. The summed E-state index contributed by atoms with van der Waals surface area (Å²) in [6, 6.07) is 15.1. The molecule has 0 fully saturated rings. The Morgan fingerprint density at radius 3 is 2.00 bits per heavy atom. The number of hydrogen-bond acceptors (Lipinski definition) is 3.